The minimum Gasteiger partial charge on any atom is -0.345 e. The summed E-state index contributed by atoms with van der Waals surface area (Å²) in [5.74, 6) is 0. The maximum atomic E-state index is 12.2. The van der Waals surface area contributed by atoms with E-state index in [0.717, 1.165) is 0 Å². The van der Waals surface area contributed by atoms with Crippen LogP contribution in [0.3, 0.4) is 0 Å². The smallest absolute Gasteiger partial charge is 0.243 e. The SMILES string of the molecule is CCC(CN)NS(=O)(=O)c1c[nH]c2ncccc12. The lowest BCUT2D eigenvalue weighted by Crippen LogP contribution is -2.39. The molecule has 1 atom stereocenters. The third kappa shape index (κ3) is 2.38. The van der Waals surface area contributed by atoms with Crippen molar-refractivity contribution in [3.05, 3.63) is 24.5 Å². The molecule has 2 rings (SSSR count). The van der Waals surface area contributed by atoms with Gasteiger partial charge in [-0.15, -0.1) is 0 Å². The van der Waals surface area contributed by atoms with Crippen molar-refractivity contribution in [1.29, 1.82) is 0 Å². The number of pyridine rings is 1. The van der Waals surface area contributed by atoms with Crippen molar-refractivity contribution in [2.75, 3.05) is 6.54 Å². The van der Waals surface area contributed by atoms with E-state index in [1.165, 1.54) is 6.20 Å². The fourth-order valence-electron chi connectivity index (χ4n) is 1.73. The second-order valence-electron chi connectivity index (χ2n) is 4.01. The molecule has 0 amide bonds. The average Bonchev–Trinajstić information content (AvgIpc) is 2.80. The van der Waals surface area contributed by atoms with Crippen LogP contribution in [0.25, 0.3) is 11.0 Å². The number of aromatic amines is 1. The highest BCUT2D eigenvalue weighted by molar-refractivity contribution is 7.89. The number of hydrogen-bond donors (Lipinski definition) is 3. The summed E-state index contributed by atoms with van der Waals surface area (Å²) in [4.78, 5) is 7.11. The van der Waals surface area contributed by atoms with E-state index in [-0.39, 0.29) is 17.5 Å². The summed E-state index contributed by atoms with van der Waals surface area (Å²) >= 11 is 0. The highest BCUT2D eigenvalue weighted by Crippen LogP contribution is 2.20. The fourth-order valence-corrected chi connectivity index (χ4v) is 3.23. The monoisotopic (exact) mass is 268 g/mol. The summed E-state index contributed by atoms with van der Waals surface area (Å²) in [6, 6.07) is 3.17. The number of nitrogens with two attached hydrogens (primary N) is 1. The summed E-state index contributed by atoms with van der Waals surface area (Å²) in [6.07, 6.45) is 3.71. The van der Waals surface area contributed by atoms with Gasteiger partial charge in [0.05, 0.1) is 0 Å². The Morgan fingerprint density at radius 1 is 1.56 bits per heavy atom. The predicted octanol–water partition coefficient (Wildman–Crippen LogP) is 0.579. The molecular formula is C11H16N4O2S. The molecule has 0 aliphatic carbocycles. The highest BCUT2D eigenvalue weighted by atomic mass is 32.2. The van der Waals surface area contributed by atoms with Crippen LogP contribution < -0.4 is 10.5 Å². The van der Waals surface area contributed by atoms with Crippen LogP contribution in [0.2, 0.25) is 0 Å². The van der Waals surface area contributed by atoms with Crippen LogP contribution in [-0.2, 0) is 10.0 Å². The minimum atomic E-state index is -3.57. The Morgan fingerprint density at radius 3 is 3.00 bits per heavy atom. The molecule has 0 saturated carbocycles. The molecule has 0 saturated heterocycles. The molecule has 0 bridgehead atoms. The number of nitrogens with one attached hydrogen (secondary N) is 2. The summed E-state index contributed by atoms with van der Waals surface area (Å²) in [5, 5.41) is 0.580. The quantitative estimate of drug-likeness (QED) is 0.738. The van der Waals surface area contributed by atoms with E-state index in [9.17, 15) is 8.42 Å². The van der Waals surface area contributed by atoms with Crippen molar-refractivity contribution >= 4 is 21.1 Å². The Bertz CT molecular complexity index is 631. The second-order valence-corrected chi connectivity index (χ2v) is 5.70. The highest BCUT2D eigenvalue weighted by Gasteiger charge is 2.21. The first-order valence-corrected chi connectivity index (χ1v) is 7.21. The molecule has 4 N–H and O–H groups in total. The van der Waals surface area contributed by atoms with E-state index in [1.54, 1.807) is 18.3 Å². The lowest BCUT2D eigenvalue weighted by Gasteiger charge is -2.14. The van der Waals surface area contributed by atoms with Crippen molar-refractivity contribution in [2.24, 2.45) is 5.73 Å². The van der Waals surface area contributed by atoms with Crippen molar-refractivity contribution in [1.82, 2.24) is 14.7 Å². The summed E-state index contributed by atoms with van der Waals surface area (Å²) < 4.78 is 27.0. The molecule has 0 aliphatic heterocycles. The molecule has 6 nitrogen and oxygen atoms in total. The van der Waals surface area contributed by atoms with Gasteiger partial charge in [-0.2, -0.15) is 0 Å². The van der Waals surface area contributed by atoms with Crippen LogP contribution in [-0.4, -0.2) is 31.0 Å². The number of H-pyrrole nitrogens is 1. The van der Waals surface area contributed by atoms with Crippen molar-refractivity contribution in [2.45, 2.75) is 24.3 Å². The van der Waals surface area contributed by atoms with Crippen molar-refractivity contribution < 1.29 is 8.42 Å². The normalized spacial score (nSPS) is 13.9. The zero-order valence-electron chi connectivity index (χ0n) is 10.1. The Balaban J connectivity index is 2.41. The average molecular weight is 268 g/mol. The first-order chi connectivity index (χ1) is 8.58. The first kappa shape index (κ1) is 13.0. The van der Waals surface area contributed by atoms with Crippen LogP contribution in [0.15, 0.2) is 29.4 Å². The molecule has 2 aromatic rings. The van der Waals surface area contributed by atoms with Gasteiger partial charge in [0.2, 0.25) is 10.0 Å². The van der Waals surface area contributed by atoms with Crippen molar-refractivity contribution in [3.63, 3.8) is 0 Å². The van der Waals surface area contributed by atoms with Gasteiger partial charge >= 0.3 is 0 Å². The van der Waals surface area contributed by atoms with Crippen molar-refractivity contribution in [3.8, 4) is 0 Å². The van der Waals surface area contributed by atoms with Crippen LogP contribution in [0, 0.1) is 0 Å². The topological polar surface area (TPSA) is 101 Å². The van der Waals surface area contributed by atoms with Gasteiger partial charge in [-0.25, -0.2) is 18.1 Å². The van der Waals surface area contributed by atoms with Gasteiger partial charge in [0.25, 0.3) is 0 Å². The molecule has 7 heteroatoms. The van der Waals surface area contributed by atoms with Crippen LogP contribution in [0.5, 0.6) is 0 Å². The molecular weight excluding hydrogens is 252 g/mol. The number of rotatable bonds is 5. The lowest BCUT2D eigenvalue weighted by atomic mass is 10.2. The Labute approximate surface area is 106 Å². The van der Waals surface area contributed by atoms with Gasteiger partial charge in [0.1, 0.15) is 10.5 Å². The molecule has 0 radical (unpaired) electrons. The molecule has 18 heavy (non-hydrogen) atoms. The van der Waals surface area contributed by atoms with E-state index in [1.807, 2.05) is 6.92 Å². The number of aromatic nitrogens is 2. The Kier molecular flexibility index (Phi) is 3.65. The third-order valence-electron chi connectivity index (χ3n) is 2.80. The summed E-state index contributed by atoms with van der Waals surface area (Å²) in [5.41, 5.74) is 6.06. The van der Waals surface area contributed by atoms with Gasteiger partial charge in [0.15, 0.2) is 0 Å². The molecule has 0 aromatic carbocycles. The van der Waals surface area contributed by atoms with E-state index in [2.05, 4.69) is 14.7 Å². The largest absolute Gasteiger partial charge is 0.345 e. The predicted molar refractivity (Wildman–Crippen MR) is 69.5 cm³/mol. The molecule has 2 heterocycles. The maximum Gasteiger partial charge on any atom is 0.243 e. The summed E-state index contributed by atoms with van der Waals surface area (Å²) in [7, 11) is -3.57. The molecule has 98 valence electrons. The standard InChI is InChI=1S/C11H16N4O2S/c1-2-8(6-12)15-18(16,17)10-7-14-11-9(10)4-3-5-13-11/h3-5,7-8,15H,2,6,12H2,1H3,(H,13,14). The number of sulfonamides is 1. The molecule has 1 unspecified atom stereocenters. The zero-order valence-corrected chi connectivity index (χ0v) is 10.9. The van der Waals surface area contributed by atoms with Crippen LogP contribution in [0.4, 0.5) is 0 Å². The van der Waals surface area contributed by atoms with Gasteiger partial charge in [-0.05, 0) is 18.6 Å². The van der Waals surface area contributed by atoms with Gasteiger partial charge in [0, 0.05) is 30.4 Å². The van der Waals surface area contributed by atoms with E-state index in [0.29, 0.717) is 17.5 Å². The number of fused-ring (bicyclic) bond motifs is 1. The van der Waals surface area contributed by atoms with Crippen LogP contribution >= 0.6 is 0 Å². The molecule has 0 aliphatic rings. The molecule has 0 spiro atoms. The van der Waals surface area contributed by atoms with Gasteiger partial charge < -0.3 is 10.7 Å². The van der Waals surface area contributed by atoms with Gasteiger partial charge in [-0.3, -0.25) is 0 Å². The fraction of sp³-hybridized carbons (Fsp3) is 0.364. The summed E-state index contributed by atoms with van der Waals surface area (Å²) in [6.45, 7) is 2.16. The molecule has 0 fully saturated rings. The van der Waals surface area contributed by atoms with E-state index >= 15 is 0 Å². The van der Waals surface area contributed by atoms with E-state index < -0.39 is 10.0 Å². The number of nitrogens with zero attached hydrogens (tertiary/aromatic N) is 1. The Morgan fingerprint density at radius 2 is 2.33 bits per heavy atom. The third-order valence-corrected chi connectivity index (χ3v) is 4.36. The first-order valence-electron chi connectivity index (χ1n) is 5.73. The molecule has 2 aromatic heterocycles. The van der Waals surface area contributed by atoms with Crippen LogP contribution in [0.1, 0.15) is 13.3 Å². The zero-order chi connectivity index (χ0) is 13.2. The minimum absolute atomic E-state index is 0.206. The Hall–Kier alpha value is -1.44. The van der Waals surface area contributed by atoms with E-state index in [4.69, 9.17) is 5.73 Å². The number of hydrogen-bond acceptors (Lipinski definition) is 4. The second kappa shape index (κ2) is 5.05. The maximum absolute atomic E-state index is 12.2. The lowest BCUT2D eigenvalue weighted by molar-refractivity contribution is 0.543. The van der Waals surface area contributed by atoms with Gasteiger partial charge in [-0.1, -0.05) is 6.92 Å².